The predicted molar refractivity (Wildman–Crippen MR) is 95.7 cm³/mol. The van der Waals surface area contributed by atoms with E-state index in [2.05, 4.69) is 15.6 Å². The van der Waals surface area contributed by atoms with Crippen LogP contribution in [0, 0.1) is 0 Å². The number of nitrogens with zero attached hydrogens (tertiary/aromatic N) is 1. The zero-order valence-electron chi connectivity index (χ0n) is 14.8. The second-order valence-electron chi connectivity index (χ2n) is 6.20. The molecule has 3 N–H and O–H groups in total. The minimum Gasteiger partial charge on any atom is -0.454 e. The summed E-state index contributed by atoms with van der Waals surface area (Å²) in [5.74, 6) is -1.72. The van der Waals surface area contributed by atoms with Gasteiger partial charge in [0.1, 0.15) is 6.04 Å². The van der Waals surface area contributed by atoms with Crippen LogP contribution in [0.4, 0.5) is 4.79 Å². The second-order valence-corrected chi connectivity index (χ2v) is 6.20. The topological polar surface area (TPSA) is 121 Å². The summed E-state index contributed by atoms with van der Waals surface area (Å²) in [7, 11) is 0. The average Bonchev–Trinajstić information content (AvgIpc) is 3.25. The Labute approximate surface area is 155 Å². The maximum absolute atomic E-state index is 12.4. The first-order valence-corrected chi connectivity index (χ1v) is 8.52. The molecule has 4 amide bonds. The van der Waals surface area contributed by atoms with Crippen molar-refractivity contribution in [1.29, 1.82) is 0 Å². The minimum absolute atomic E-state index is 0.209. The summed E-state index contributed by atoms with van der Waals surface area (Å²) in [5, 5.41) is 5.99. The number of aromatic amines is 1. The van der Waals surface area contributed by atoms with Gasteiger partial charge in [-0.15, -0.1) is 0 Å². The molecule has 0 radical (unpaired) electrons. The lowest BCUT2D eigenvalue weighted by molar-refractivity contribution is -0.153. The molecule has 142 valence electrons. The standard InChI is InChI=1S/C18H20N4O5/c1-11(23)21-15(8-12-9-20-14-5-3-2-4-13(12)14)17(25)27-10-16(24)22-7-6-19-18(22)26/h2-5,9,15,20H,6-8,10H2,1H3,(H,19,26)(H,21,23)/t15-/m0/s1. The quantitative estimate of drug-likeness (QED) is 0.630. The molecule has 1 aromatic carbocycles. The maximum Gasteiger partial charge on any atom is 0.329 e. The molecule has 1 aliphatic rings. The van der Waals surface area contributed by atoms with Crippen LogP contribution in [0.3, 0.4) is 0 Å². The fraction of sp³-hybridized carbons (Fsp3) is 0.333. The van der Waals surface area contributed by atoms with Crippen molar-refractivity contribution < 1.29 is 23.9 Å². The maximum atomic E-state index is 12.4. The third kappa shape index (κ3) is 4.25. The van der Waals surface area contributed by atoms with Gasteiger partial charge in [0, 0.05) is 43.5 Å². The first kappa shape index (κ1) is 18.4. The van der Waals surface area contributed by atoms with E-state index in [9.17, 15) is 19.2 Å². The Morgan fingerprint density at radius 2 is 2.07 bits per heavy atom. The van der Waals surface area contributed by atoms with Gasteiger partial charge in [0.15, 0.2) is 6.61 Å². The highest BCUT2D eigenvalue weighted by molar-refractivity contribution is 5.97. The Morgan fingerprint density at radius 3 is 2.78 bits per heavy atom. The number of hydrogen-bond acceptors (Lipinski definition) is 5. The van der Waals surface area contributed by atoms with E-state index >= 15 is 0 Å². The van der Waals surface area contributed by atoms with Crippen LogP contribution in [0.5, 0.6) is 0 Å². The Hall–Kier alpha value is -3.36. The van der Waals surface area contributed by atoms with Gasteiger partial charge in [-0.1, -0.05) is 18.2 Å². The lowest BCUT2D eigenvalue weighted by atomic mass is 10.0. The monoisotopic (exact) mass is 372 g/mol. The second kappa shape index (κ2) is 7.90. The SMILES string of the molecule is CC(=O)N[C@@H](Cc1c[nH]c2ccccc12)C(=O)OCC(=O)N1CCNC1=O. The highest BCUT2D eigenvalue weighted by atomic mass is 16.5. The van der Waals surface area contributed by atoms with Crippen LogP contribution in [-0.2, 0) is 25.5 Å². The highest BCUT2D eigenvalue weighted by Crippen LogP contribution is 2.19. The van der Waals surface area contributed by atoms with Gasteiger partial charge in [0.2, 0.25) is 5.91 Å². The summed E-state index contributed by atoms with van der Waals surface area (Å²) >= 11 is 0. The Kier molecular flexibility index (Phi) is 5.39. The van der Waals surface area contributed by atoms with Gasteiger partial charge in [-0.3, -0.25) is 14.5 Å². The third-order valence-corrected chi connectivity index (χ3v) is 4.26. The van der Waals surface area contributed by atoms with Crippen molar-refractivity contribution in [1.82, 2.24) is 20.5 Å². The lowest BCUT2D eigenvalue weighted by Crippen LogP contribution is -2.44. The number of para-hydroxylation sites is 1. The number of urea groups is 1. The Morgan fingerprint density at radius 1 is 1.30 bits per heavy atom. The number of esters is 1. The number of fused-ring (bicyclic) bond motifs is 1. The first-order chi connectivity index (χ1) is 13.0. The molecule has 1 aliphatic heterocycles. The molecule has 0 spiro atoms. The summed E-state index contributed by atoms with van der Waals surface area (Å²) in [6, 6.07) is 6.14. The van der Waals surface area contributed by atoms with Crippen molar-refractivity contribution >= 4 is 34.7 Å². The molecule has 0 unspecified atom stereocenters. The van der Waals surface area contributed by atoms with Crippen LogP contribution < -0.4 is 10.6 Å². The molecule has 1 saturated heterocycles. The fourth-order valence-electron chi connectivity index (χ4n) is 2.98. The number of rotatable bonds is 6. The molecule has 0 aliphatic carbocycles. The van der Waals surface area contributed by atoms with Crippen molar-refractivity contribution in [3.8, 4) is 0 Å². The van der Waals surface area contributed by atoms with Crippen LogP contribution in [0.1, 0.15) is 12.5 Å². The molecule has 0 saturated carbocycles. The van der Waals surface area contributed by atoms with Crippen molar-refractivity contribution in [3.63, 3.8) is 0 Å². The summed E-state index contributed by atoms with van der Waals surface area (Å²) < 4.78 is 5.05. The van der Waals surface area contributed by atoms with E-state index in [0.29, 0.717) is 6.54 Å². The van der Waals surface area contributed by atoms with Gasteiger partial charge in [0.25, 0.3) is 5.91 Å². The Balaban J connectivity index is 1.66. The van der Waals surface area contributed by atoms with Gasteiger partial charge in [0.05, 0.1) is 0 Å². The fourth-order valence-corrected chi connectivity index (χ4v) is 2.98. The van der Waals surface area contributed by atoms with E-state index < -0.39 is 30.6 Å². The van der Waals surface area contributed by atoms with E-state index in [1.807, 2.05) is 24.3 Å². The van der Waals surface area contributed by atoms with Crippen molar-refractivity contribution in [3.05, 3.63) is 36.0 Å². The molecule has 1 fully saturated rings. The normalized spacial score (nSPS) is 14.7. The molecule has 2 aromatic rings. The number of nitrogens with one attached hydrogen (secondary N) is 3. The number of amides is 4. The molecule has 2 heterocycles. The number of aromatic nitrogens is 1. The molecule has 9 heteroatoms. The smallest absolute Gasteiger partial charge is 0.329 e. The minimum atomic E-state index is -0.943. The predicted octanol–water partition coefficient (Wildman–Crippen LogP) is 0.310. The van der Waals surface area contributed by atoms with Crippen LogP contribution in [-0.4, -0.2) is 59.4 Å². The molecule has 9 nitrogen and oxygen atoms in total. The Bertz CT molecular complexity index is 891. The number of H-pyrrole nitrogens is 1. The number of imide groups is 1. The molecular weight excluding hydrogens is 352 g/mol. The van der Waals surface area contributed by atoms with Crippen LogP contribution in [0.25, 0.3) is 10.9 Å². The van der Waals surface area contributed by atoms with Crippen molar-refractivity contribution in [2.45, 2.75) is 19.4 Å². The molecule has 3 rings (SSSR count). The van der Waals surface area contributed by atoms with E-state index in [-0.39, 0.29) is 18.9 Å². The van der Waals surface area contributed by atoms with Gasteiger partial charge in [-0.25, -0.2) is 9.59 Å². The number of carbonyl (C=O) groups excluding carboxylic acids is 4. The molecule has 1 atom stereocenters. The third-order valence-electron chi connectivity index (χ3n) is 4.26. The first-order valence-electron chi connectivity index (χ1n) is 8.52. The van der Waals surface area contributed by atoms with E-state index in [4.69, 9.17) is 4.74 Å². The van der Waals surface area contributed by atoms with Gasteiger partial charge in [-0.2, -0.15) is 0 Å². The molecular formula is C18H20N4O5. The number of ether oxygens (including phenoxy) is 1. The summed E-state index contributed by atoms with van der Waals surface area (Å²) in [6.07, 6.45) is 1.98. The van der Waals surface area contributed by atoms with E-state index in [0.717, 1.165) is 21.4 Å². The average molecular weight is 372 g/mol. The number of carbonyl (C=O) groups is 4. The summed E-state index contributed by atoms with van der Waals surface area (Å²) in [6.45, 7) is 1.35. The lowest BCUT2D eigenvalue weighted by Gasteiger charge is -2.17. The highest BCUT2D eigenvalue weighted by Gasteiger charge is 2.29. The van der Waals surface area contributed by atoms with Crippen molar-refractivity contribution in [2.75, 3.05) is 19.7 Å². The van der Waals surface area contributed by atoms with Gasteiger partial charge < -0.3 is 20.4 Å². The zero-order valence-corrected chi connectivity index (χ0v) is 14.8. The summed E-state index contributed by atoms with van der Waals surface area (Å²) in [5.41, 5.74) is 1.75. The van der Waals surface area contributed by atoms with E-state index in [1.54, 1.807) is 6.20 Å². The van der Waals surface area contributed by atoms with Gasteiger partial charge >= 0.3 is 12.0 Å². The molecule has 1 aromatic heterocycles. The zero-order chi connectivity index (χ0) is 19.4. The summed E-state index contributed by atoms with van der Waals surface area (Å²) in [4.78, 5) is 51.5. The van der Waals surface area contributed by atoms with E-state index in [1.165, 1.54) is 6.92 Å². The number of hydrogen-bond donors (Lipinski definition) is 3. The van der Waals surface area contributed by atoms with Crippen LogP contribution in [0.2, 0.25) is 0 Å². The van der Waals surface area contributed by atoms with Crippen molar-refractivity contribution in [2.24, 2.45) is 0 Å². The van der Waals surface area contributed by atoms with Gasteiger partial charge in [-0.05, 0) is 11.6 Å². The number of benzene rings is 1. The molecule has 27 heavy (non-hydrogen) atoms. The largest absolute Gasteiger partial charge is 0.454 e. The van der Waals surface area contributed by atoms with Crippen LogP contribution in [0.15, 0.2) is 30.5 Å². The van der Waals surface area contributed by atoms with Crippen LogP contribution >= 0.6 is 0 Å². The molecule has 0 bridgehead atoms.